The Labute approximate surface area is 164 Å². The lowest BCUT2D eigenvalue weighted by Gasteiger charge is -2.19. The third kappa shape index (κ3) is 8.95. The number of nitrogens with one attached hydrogen (secondary N) is 1. The van der Waals surface area contributed by atoms with Crippen LogP contribution in [0.15, 0.2) is 54.6 Å². The highest BCUT2D eigenvalue weighted by Crippen LogP contribution is 2.18. The van der Waals surface area contributed by atoms with Gasteiger partial charge in [-0.1, -0.05) is 42.5 Å². The number of aliphatic hydroxyl groups excluding tert-OH is 1. The van der Waals surface area contributed by atoms with E-state index in [4.69, 9.17) is 4.74 Å². The van der Waals surface area contributed by atoms with Gasteiger partial charge in [0.05, 0.1) is 24.0 Å². The van der Waals surface area contributed by atoms with Crippen LogP contribution in [-0.2, 0) is 22.4 Å². The number of thioether (sulfide) groups is 1. The summed E-state index contributed by atoms with van der Waals surface area (Å²) < 4.78 is 5.41. The summed E-state index contributed by atoms with van der Waals surface area (Å²) in [5, 5.41) is 21.6. The van der Waals surface area contributed by atoms with E-state index in [1.807, 2.05) is 42.5 Å². The second kappa shape index (κ2) is 11.6. The summed E-state index contributed by atoms with van der Waals surface area (Å²) in [4.78, 5) is 12.4. The first-order valence-corrected chi connectivity index (χ1v) is 10.1. The quantitative estimate of drug-likeness (QED) is 0.407. The van der Waals surface area contributed by atoms with Crippen molar-refractivity contribution in [1.29, 1.82) is 0 Å². The second-order valence-electron chi connectivity index (χ2n) is 6.42. The van der Waals surface area contributed by atoms with Gasteiger partial charge in [0.15, 0.2) is 0 Å². The summed E-state index contributed by atoms with van der Waals surface area (Å²) in [5.74, 6) is 0.591. The molecule has 0 aliphatic carbocycles. The number of rotatable bonds is 11. The predicted octanol–water partition coefficient (Wildman–Crippen LogP) is 3.10. The zero-order chi connectivity index (χ0) is 19.5. The highest BCUT2D eigenvalue weighted by molar-refractivity contribution is 7.99. The van der Waals surface area contributed by atoms with Crippen LogP contribution in [0.4, 0.5) is 0 Å². The Balaban J connectivity index is 1.87. The molecule has 0 radical (unpaired) electrons. The van der Waals surface area contributed by atoms with Crippen molar-refractivity contribution in [2.45, 2.75) is 37.7 Å². The average molecular weight is 390 g/mol. The monoisotopic (exact) mass is 389 g/mol. The molecule has 0 bridgehead atoms. The van der Waals surface area contributed by atoms with Gasteiger partial charge in [-0.3, -0.25) is 4.79 Å². The van der Waals surface area contributed by atoms with Crippen molar-refractivity contribution < 1.29 is 19.7 Å². The van der Waals surface area contributed by atoms with Gasteiger partial charge in [0.2, 0.25) is 5.91 Å². The maximum absolute atomic E-state index is 12.4. The molecule has 0 aliphatic heterocycles. The normalized spacial score (nSPS) is 13.1. The van der Waals surface area contributed by atoms with E-state index in [0.29, 0.717) is 25.2 Å². The van der Waals surface area contributed by atoms with E-state index < -0.39 is 6.10 Å². The maximum atomic E-state index is 12.4. The summed E-state index contributed by atoms with van der Waals surface area (Å²) in [5.41, 5.74) is 2.15. The molecule has 2 atom stereocenters. The van der Waals surface area contributed by atoms with E-state index in [0.717, 1.165) is 11.1 Å². The molecular formula is C21H27NO4S. The first kappa shape index (κ1) is 21.3. The molecule has 0 aliphatic rings. The Bertz CT molecular complexity index is 676. The smallest absolute Gasteiger partial charge is 0.221 e. The van der Waals surface area contributed by atoms with Gasteiger partial charge in [-0.15, -0.1) is 11.8 Å². The molecule has 1 amide bonds. The van der Waals surface area contributed by atoms with E-state index in [-0.39, 0.29) is 23.6 Å². The van der Waals surface area contributed by atoms with Gasteiger partial charge in [-0.05, 0) is 36.6 Å². The molecule has 2 aromatic carbocycles. The molecule has 0 heterocycles. The lowest BCUT2D eigenvalue weighted by Crippen LogP contribution is -2.34. The van der Waals surface area contributed by atoms with Crippen LogP contribution in [0.3, 0.4) is 0 Å². The van der Waals surface area contributed by atoms with Gasteiger partial charge >= 0.3 is 0 Å². The maximum Gasteiger partial charge on any atom is 0.221 e. The Kier molecular flexibility index (Phi) is 9.18. The zero-order valence-electron chi connectivity index (χ0n) is 15.5. The molecule has 3 N–H and O–H groups in total. The van der Waals surface area contributed by atoms with Crippen LogP contribution >= 0.6 is 11.8 Å². The van der Waals surface area contributed by atoms with E-state index >= 15 is 0 Å². The number of ether oxygens (including phenoxy) is 1. The number of benzene rings is 2. The van der Waals surface area contributed by atoms with Crippen LogP contribution in [0.5, 0.6) is 5.75 Å². The van der Waals surface area contributed by atoms with Crippen LogP contribution < -0.4 is 5.32 Å². The Morgan fingerprint density at radius 1 is 1.11 bits per heavy atom. The average Bonchev–Trinajstić information content (AvgIpc) is 2.66. The first-order chi connectivity index (χ1) is 13.0. The summed E-state index contributed by atoms with van der Waals surface area (Å²) in [6, 6.07) is 16.9. The lowest BCUT2D eigenvalue weighted by atomic mass is 10.1. The third-order valence-corrected chi connectivity index (χ3v) is 4.86. The number of amides is 1. The number of phenolic OH excluding ortho intramolecular Hbond substituents is 1. The molecule has 2 aromatic rings. The van der Waals surface area contributed by atoms with Gasteiger partial charge in [0, 0.05) is 12.8 Å². The standard InChI is InChI=1S/C21H27NO4S/c1-16(23)14-26-15-27-21(13-18-7-10-19(24)11-8-18)22-20(25)12-9-17-5-3-2-4-6-17/h2-8,10-11,16,21,23-24H,9,12-15H2,1H3,(H,22,25). The SMILES string of the molecule is CC(O)COCSC(Cc1ccc(O)cc1)NC(=O)CCc1ccccc1. The molecule has 0 saturated heterocycles. The van der Waals surface area contributed by atoms with Crippen LogP contribution in [0, 0.1) is 0 Å². The van der Waals surface area contributed by atoms with Crippen molar-refractivity contribution in [2.24, 2.45) is 0 Å². The molecule has 0 spiro atoms. The first-order valence-electron chi connectivity index (χ1n) is 9.01. The number of hydrogen-bond acceptors (Lipinski definition) is 5. The van der Waals surface area contributed by atoms with Crippen molar-refractivity contribution in [3.63, 3.8) is 0 Å². The number of aliphatic hydroxyl groups is 1. The van der Waals surface area contributed by atoms with Gasteiger partial charge in [-0.2, -0.15) is 0 Å². The molecule has 0 fully saturated rings. The van der Waals surface area contributed by atoms with Crippen molar-refractivity contribution in [3.8, 4) is 5.75 Å². The molecule has 0 saturated carbocycles. The van der Waals surface area contributed by atoms with E-state index in [1.54, 1.807) is 19.1 Å². The molecule has 5 nitrogen and oxygen atoms in total. The van der Waals surface area contributed by atoms with Crippen molar-refractivity contribution in [2.75, 3.05) is 12.5 Å². The Hall–Kier alpha value is -2.02. The zero-order valence-corrected chi connectivity index (χ0v) is 16.3. The van der Waals surface area contributed by atoms with Crippen molar-refractivity contribution in [3.05, 3.63) is 65.7 Å². The minimum atomic E-state index is -0.512. The molecule has 2 unspecified atom stereocenters. The third-order valence-electron chi connectivity index (χ3n) is 3.87. The van der Waals surface area contributed by atoms with E-state index in [1.165, 1.54) is 11.8 Å². The largest absolute Gasteiger partial charge is 0.508 e. The summed E-state index contributed by atoms with van der Waals surface area (Å²) in [6.45, 7) is 1.94. The number of hydrogen-bond donors (Lipinski definition) is 3. The van der Waals surface area contributed by atoms with E-state index in [9.17, 15) is 15.0 Å². The van der Waals surface area contributed by atoms with E-state index in [2.05, 4.69) is 5.32 Å². The Morgan fingerprint density at radius 3 is 2.48 bits per heavy atom. The molecule has 6 heteroatoms. The minimum absolute atomic E-state index is 0.00865. The molecule has 2 rings (SSSR count). The summed E-state index contributed by atoms with van der Waals surface area (Å²) in [6.07, 6.45) is 1.23. The molecule has 0 aromatic heterocycles. The summed E-state index contributed by atoms with van der Waals surface area (Å²) in [7, 11) is 0. The fourth-order valence-corrected chi connectivity index (χ4v) is 3.38. The number of carbonyl (C=O) groups is 1. The van der Waals surface area contributed by atoms with Crippen molar-refractivity contribution >= 4 is 17.7 Å². The van der Waals surface area contributed by atoms with Crippen LogP contribution in [0.1, 0.15) is 24.5 Å². The fourth-order valence-electron chi connectivity index (χ4n) is 2.50. The van der Waals surface area contributed by atoms with Gasteiger partial charge < -0.3 is 20.3 Å². The van der Waals surface area contributed by atoms with Crippen LogP contribution in [0.2, 0.25) is 0 Å². The minimum Gasteiger partial charge on any atom is -0.508 e. The van der Waals surface area contributed by atoms with Gasteiger partial charge in [0.1, 0.15) is 5.75 Å². The van der Waals surface area contributed by atoms with Crippen LogP contribution in [-0.4, -0.2) is 40.1 Å². The van der Waals surface area contributed by atoms with Crippen molar-refractivity contribution in [1.82, 2.24) is 5.32 Å². The topological polar surface area (TPSA) is 78.8 Å². The predicted molar refractivity (Wildman–Crippen MR) is 109 cm³/mol. The number of carbonyl (C=O) groups excluding carboxylic acids is 1. The van der Waals surface area contributed by atoms with Crippen LogP contribution in [0.25, 0.3) is 0 Å². The molecule has 146 valence electrons. The molecule has 27 heavy (non-hydrogen) atoms. The second-order valence-corrected chi connectivity index (χ2v) is 7.55. The number of phenols is 1. The summed E-state index contributed by atoms with van der Waals surface area (Å²) >= 11 is 1.48. The van der Waals surface area contributed by atoms with Gasteiger partial charge in [0.25, 0.3) is 0 Å². The number of aromatic hydroxyl groups is 1. The fraction of sp³-hybridized carbons (Fsp3) is 0.381. The molecular weight excluding hydrogens is 362 g/mol. The van der Waals surface area contributed by atoms with Gasteiger partial charge in [-0.25, -0.2) is 0 Å². The lowest BCUT2D eigenvalue weighted by molar-refractivity contribution is -0.121. The highest BCUT2D eigenvalue weighted by Gasteiger charge is 2.14. The highest BCUT2D eigenvalue weighted by atomic mass is 32.2. The Morgan fingerprint density at radius 2 is 1.81 bits per heavy atom. The number of aryl methyl sites for hydroxylation is 1.